The average molecular weight is 349 g/mol. The summed E-state index contributed by atoms with van der Waals surface area (Å²) in [4.78, 5) is 7.09. The van der Waals surface area contributed by atoms with Crippen molar-refractivity contribution in [1.29, 1.82) is 0 Å². The summed E-state index contributed by atoms with van der Waals surface area (Å²) < 4.78 is 6.26. The minimum atomic E-state index is -1.50. The standard InChI is InChI=1S/C20H36N2OSi/c1-7-8-9-12-15-22(16-19-13-10-11-14-21-19)20(18(2)3)17-23-24(4,5)6/h7,10-11,13-14,18,20H,1,8-9,12,15-17H2,2-6H3/t20-/m1/s1. The lowest BCUT2D eigenvalue weighted by Gasteiger charge is -2.36. The lowest BCUT2D eigenvalue weighted by atomic mass is 10.0. The van der Waals surface area contributed by atoms with Crippen molar-refractivity contribution in [2.24, 2.45) is 5.92 Å². The molecule has 0 fully saturated rings. The molecule has 0 spiro atoms. The molecule has 0 N–H and O–H groups in total. The van der Waals surface area contributed by atoms with Crippen LogP contribution in [0.15, 0.2) is 37.1 Å². The Bertz CT molecular complexity index is 456. The monoisotopic (exact) mass is 348 g/mol. The van der Waals surface area contributed by atoms with Gasteiger partial charge >= 0.3 is 0 Å². The second-order valence-corrected chi connectivity index (χ2v) is 12.3. The minimum Gasteiger partial charge on any atom is -0.416 e. The van der Waals surface area contributed by atoms with E-state index < -0.39 is 8.32 Å². The first-order valence-electron chi connectivity index (χ1n) is 9.22. The summed E-state index contributed by atoms with van der Waals surface area (Å²) in [5, 5.41) is 0. The highest BCUT2D eigenvalue weighted by atomic mass is 28.4. The van der Waals surface area contributed by atoms with Gasteiger partial charge in [0.05, 0.1) is 5.69 Å². The molecule has 0 saturated heterocycles. The van der Waals surface area contributed by atoms with Crippen LogP contribution in [0.4, 0.5) is 0 Å². The van der Waals surface area contributed by atoms with Crippen molar-refractivity contribution in [2.75, 3.05) is 13.2 Å². The van der Waals surface area contributed by atoms with Crippen LogP contribution in [0.2, 0.25) is 19.6 Å². The Morgan fingerprint density at radius 1 is 1.25 bits per heavy atom. The summed E-state index contributed by atoms with van der Waals surface area (Å²) in [7, 11) is -1.50. The number of rotatable bonds is 12. The van der Waals surface area contributed by atoms with Gasteiger partial charge in [-0.2, -0.15) is 0 Å². The lowest BCUT2D eigenvalue weighted by Crippen LogP contribution is -2.45. The molecule has 0 amide bonds. The van der Waals surface area contributed by atoms with Gasteiger partial charge in [-0.3, -0.25) is 9.88 Å². The Balaban J connectivity index is 2.78. The first-order valence-corrected chi connectivity index (χ1v) is 12.6. The molecule has 1 atom stereocenters. The predicted molar refractivity (Wildman–Crippen MR) is 107 cm³/mol. The summed E-state index contributed by atoms with van der Waals surface area (Å²) in [5.41, 5.74) is 1.14. The van der Waals surface area contributed by atoms with Crippen LogP contribution < -0.4 is 0 Å². The number of nitrogens with zero attached hydrogens (tertiary/aromatic N) is 2. The molecule has 0 aromatic carbocycles. The number of allylic oxidation sites excluding steroid dienone is 1. The zero-order chi connectivity index (χ0) is 18.0. The van der Waals surface area contributed by atoms with E-state index in [2.05, 4.69) is 62.1 Å². The molecule has 1 heterocycles. The maximum absolute atomic E-state index is 6.26. The molecule has 0 unspecified atom stereocenters. The molecule has 24 heavy (non-hydrogen) atoms. The van der Waals surface area contributed by atoms with Crippen LogP contribution >= 0.6 is 0 Å². The van der Waals surface area contributed by atoms with Crippen LogP contribution in [0, 0.1) is 5.92 Å². The molecule has 1 aromatic heterocycles. The van der Waals surface area contributed by atoms with Gasteiger partial charge in [0.15, 0.2) is 8.32 Å². The third kappa shape index (κ3) is 8.76. The molecule has 3 nitrogen and oxygen atoms in total. The normalized spacial score (nSPS) is 13.5. The van der Waals surface area contributed by atoms with Crippen molar-refractivity contribution in [3.8, 4) is 0 Å². The van der Waals surface area contributed by atoms with E-state index in [0.717, 1.165) is 31.8 Å². The molecule has 136 valence electrons. The van der Waals surface area contributed by atoms with Gasteiger partial charge in [0, 0.05) is 25.4 Å². The number of pyridine rings is 1. The lowest BCUT2D eigenvalue weighted by molar-refractivity contribution is 0.0891. The van der Waals surface area contributed by atoms with Crippen molar-refractivity contribution in [1.82, 2.24) is 9.88 Å². The van der Waals surface area contributed by atoms with Crippen molar-refractivity contribution >= 4 is 8.32 Å². The van der Waals surface area contributed by atoms with Crippen LogP contribution in [0.25, 0.3) is 0 Å². The highest BCUT2D eigenvalue weighted by molar-refractivity contribution is 6.69. The van der Waals surface area contributed by atoms with Gasteiger partial charge in [0.1, 0.15) is 0 Å². The summed E-state index contributed by atoms with van der Waals surface area (Å²) in [6.45, 7) is 18.0. The van der Waals surface area contributed by atoms with Crippen molar-refractivity contribution in [2.45, 2.75) is 65.3 Å². The van der Waals surface area contributed by atoms with Crippen LogP contribution in [-0.2, 0) is 11.0 Å². The van der Waals surface area contributed by atoms with E-state index in [4.69, 9.17) is 4.43 Å². The van der Waals surface area contributed by atoms with Gasteiger partial charge in [-0.15, -0.1) is 6.58 Å². The third-order valence-electron chi connectivity index (χ3n) is 4.12. The number of aromatic nitrogens is 1. The molecule has 4 heteroatoms. The zero-order valence-corrected chi connectivity index (χ0v) is 17.3. The van der Waals surface area contributed by atoms with E-state index in [1.54, 1.807) is 0 Å². The zero-order valence-electron chi connectivity index (χ0n) is 16.3. The number of hydrogen-bond acceptors (Lipinski definition) is 3. The highest BCUT2D eigenvalue weighted by Gasteiger charge is 2.25. The Labute approximate surface area is 150 Å². The SMILES string of the molecule is C=CCCCCN(Cc1ccccn1)[C@H](CO[Si](C)(C)C)C(C)C. The molecule has 0 aliphatic heterocycles. The van der Waals surface area contributed by atoms with Crippen LogP contribution in [0.5, 0.6) is 0 Å². The Kier molecular flexibility index (Phi) is 9.48. The fraction of sp³-hybridized carbons (Fsp3) is 0.650. The largest absolute Gasteiger partial charge is 0.416 e. The molecule has 0 saturated carbocycles. The van der Waals surface area contributed by atoms with E-state index >= 15 is 0 Å². The second kappa shape index (κ2) is 10.8. The van der Waals surface area contributed by atoms with Crippen molar-refractivity contribution in [3.05, 3.63) is 42.7 Å². The first kappa shape index (κ1) is 21.1. The van der Waals surface area contributed by atoms with E-state index in [0.29, 0.717) is 12.0 Å². The van der Waals surface area contributed by atoms with Gasteiger partial charge in [-0.05, 0) is 63.5 Å². The molecule has 1 rings (SSSR count). The third-order valence-corrected chi connectivity index (χ3v) is 5.15. The summed E-state index contributed by atoms with van der Waals surface area (Å²) in [6, 6.07) is 6.60. The summed E-state index contributed by atoms with van der Waals surface area (Å²) in [5.74, 6) is 0.560. The smallest absolute Gasteiger partial charge is 0.183 e. The topological polar surface area (TPSA) is 25.4 Å². The molecular weight excluding hydrogens is 312 g/mol. The fourth-order valence-electron chi connectivity index (χ4n) is 2.72. The van der Waals surface area contributed by atoms with Gasteiger partial charge in [-0.1, -0.05) is 26.0 Å². The number of unbranched alkanes of at least 4 members (excludes halogenated alkanes) is 2. The Morgan fingerprint density at radius 3 is 2.54 bits per heavy atom. The molecule has 0 bridgehead atoms. The number of hydrogen-bond donors (Lipinski definition) is 0. The quantitative estimate of drug-likeness (QED) is 0.298. The second-order valence-electron chi connectivity index (χ2n) is 7.81. The highest BCUT2D eigenvalue weighted by Crippen LogP contribution is 2.18. The van der Waals surface area contributed by atoms with E-state index in [9.17, 15) is 0 Å². The minimum absolute atomic E-state index is 0.433. The van der Waals surface area contributed by atoms with Crippen LogP contribution in [0.3, 0.4) is 0 Å². The fourth-order valence-corrected chi connectivity index (χ4v) is 3.39. The molecule has 0 aliphatic carbocycles. The summed E-state index contributed by atoms with van der Waals surface area (Å²) >= 11 is 0. The average Bonchev–Trinajstić information content (AvgIpc) is 2.51. The van der Waals surface area contributed by atoms with E-state index in [-0.39, 0.29) is 0 Å². The first-order chi connectivity index (χ1) is 11.3. The molecule has 0 aliphatic rings. The maximum atomic E-state index is 6.26. The van der Waals surface area contributed by atoms with Crippen molar-refractivity contribution < 1.29 is 4.43 Å². The Hall–Kier alpha value is -0.973. The molecular formula is C20H36N2OSi. The van der Waals surface area contributed by atoms with Gasteiger partial charge < -0.3 is 4.43 Å². The van der Waals surface area contributed by atoms with Gasteiger partial charge in [-0.25, -0.2) is 0 Å². The Morgan fingerprint density at radius 2 is 2.00 bits per heavy atom. The van der Waals surface area contributed by atoms with Crippen LogP contribution in [-0.4, -0.2) is 37.4 Å². The maximum Gasteiger partial charge on any atom is 0.183 e. The van der Waals surface area contributed by atoms with Gasteiger partial charge in [0.25, 0.3) is 0 Å². The molecule has 1 aromatic rings. The van der Waals surface area contributed by atoms with E-state index in [1.807, 2.05) is 18.3 Å². The predicted octanol–water partition coefficient (Wildman–Crippen LogP) is 5.12. The van der Waals surface area contributed by atoms with Gasteiger partial charge in [0.2, 0.25) is 0 Å². The van der Waals surface area contributed by atoms with Crippen LogP contribution in [0.1, 0.15) is 38.8 Å². The molecule has 0 radical (unpaired) electrons. The van der Waals surface area contributed by atoms with E-state index in [1.165, 1.54) is 12.8 Å². The van der Waals surface area contributed by atoms with Crippen molar-refractivity contribution in [3.63, 3.8) is 0 Å². The summed E-state index contributed by atoms with van der Waals surface area (Å²) in [6.07, 6.45) is 7.37.